The van der Waals surface area contributed by atoms with Crippen LogP contribution in [0.25, 0.3) is 0 Å². The predicted molar refractivity (Wildman–Crippen MR) is 95.4 cm³/mol. The molecule has 0 radical (unpaired) electrons. The summed E-state index contributed by atoms with van der Waals surface area (Å²) in [5, 5.41) is 2.57. The first-order valence-electron chi connectivity index (χ1n) is 7.83. The number of anilines is 1. The average Bonchev–Trinajstić information content (AvgIpc) is 2.54. The number of benzene rings is 2. The fourth-order valence-corrected chi connectivity index (χ4v) is 3.67. The average molecular weight is 364 g/mol. The van der Waals surface area contributed by atoms with Gasteiger partial charge < -0.3 is 5.32 Å². The van der Waals surface area contributed by atoms with E-state index in [9.17, 15) is 17.6 Å². The van der Waals surface area contributed by atoms with Crippen LogP contribution in [0.3, 0.4) is 0 Å². The molecule has 0 unspecified atom stereocenters. The molecule has 0 saturated heterocycles. The standard InChI is InChI=1S/C18H21FN2O3S/c1-13(2)12-21(3)25(23,24)17-9-7-14(8-10-17)18(22)20-16-6-4-5-15(19)11-16/h4-11,13H,12H2,1-3H3,(H,20,22). The van der Waals surface area contributed by atoms with E-state index in [1.165, 1.54) is 53.8 Å². The van der Waals surface area contributed by atoms with Crippen LogP contribution >= 0.6 is 0 Å². The lowest BCUT2D eigenvalue weighted by Crippen LogP contribution is -2.30. The van der Waals surface area contributed by atoms with Crippen LogP contribution in [-0.4, -0.2) is 32.2 Å². The number of carbonyl (C=O) groups is 1. The molecule has 0 aliphatic heterocycles. The first-order valence-corrected chi connectivity index (χ1v) is 9.27. The Hall–Kier alpha value is -2.25. The van der Waals surface area contributed by atoms with Gasteiger partial charge >= 0.3 is 0 Å². The maximum absolute atomic E-state index is 13.1. The van der Waals surface area contributed by atoms with Gasteiger partial charge in [-0.25, -0.2) is 17.1 Å². The van der Waals surface area contributed by atoms with Crippen LogP contribution in [0.2, 0.25) is 0 Å². The summed E-state index contributed by atoms with van der Waals surface area (Å²) in [6, 6.07) is 11.2. The molecule has 7 heteroatoms. The summed E-state index contributed by atoms with van der Waals surface area (Å²) in [5.41, 5.74) is 0.619. The van der Waals surface area contributed by atoms with Gasteiger partial charge in [0.05, 0.1) is 4.90 Å². The van der Waals surface area contributed by atoms with Gasteiger partial charge in [0.2, 0.25) is 10.0 Å². The molecule has 1 N–H and O–H groups in total. The molecule has 0 saturated carbocycles. The van der Waals surface area contributed by atoms with Gasteiger partial charge in [0.15, 0.2) is 0 Å². The van der Waals surface area contributed by atoms with Crippen LogP contribution in [0.4, 0.5) is 10.1 Å². The van der Waals surface area contributed by atoms with Crippen LogP contribution in [0, 0.1) is 11.7 Å². The van der Waals surface area contributed by atoms with Gasteiger partial charge in [-0.15, -0.1) is 0 Å². The number of amides is 1. The molecule has 134 valence electrons. The third-order valence-corrected chi connectivity index (χ3v) is 5.37. The zero-order valence-electron chi connectivity index (χ0n) is 14.4. The number of hydrogen-bond acceptors (Lipinski definition) is 3. The van der Waals surface area contributed by atoms with E-state index in [0.717, 1.165) is 0 Å². The molecule has 2 aromatic carbocycles. The van der Waals surface area contributed by atoms with E-state index in [4.69, 9.17) is 0 Å². The summed E-state index contributed by atoms with van der Waals surface area (Å²) in [6.45, 7) is 4.28. The van der Waals surface area contributed by atoms with E-state index >= 15 is 0 Å². The van der Waals surface area contributed by atoms with E-state index in [1.54, 1.807) is 6.07 Å². The summed E-state index contributed by atoms with van der Waals surface area (Å²) in [4.78, 5) is 12.3. The number of carbonyl (C=O) groups excluding carboxylic acids is 1. The number of hydrogen-bond donors (Lipinski definition) is 1. The minimum absolute atomic E-state index is 0.123. The molecule has 0 aliphatic rings. The van der Waals surface area contributed by atoms with Crippen LogP contribution < -0.4 is 5.32 Å². The second-order valence-electron chi connectivity index (χ2n) is 6.17. The van der Waals surface area contributed by atoms with Crippen LogP contribution in [-0.2, 0) is 10.0 Å². The van der Waals surface area contributed by atoms with E-state index in [-0.39, 0.29) is 16.4 Å². The molecule has 0 aromatic heterocycles. The van der Waals surface area contributed by atoms with Crippen LogP contribution in [0.1, 0.15) is 24.2 Å². The zero-order valence-corrected chi connectivity index (χ0v) is 15.2. The Morgan fingerprint density at radius 2 is 1.80 bits per heavy atom. The number of halogens is 1. The maximum Gasteiger partial charge on any atom is 0.255 e. The minimum atomic E-state index is -3.59. The largest absolute Gasteiger partial charge is 0.322 e. The van der Waals surface area contributed by atoms with Crippen molar-refractivity contribution < 1.29 is 17.6 Å². The third-order valence-electron chi connectivity index (χ3n) is 3.53. The van der Waals surface area contributed by atoms with E-state index in [0.29, 0.717) is 12.2 Å². The molecule has 0 atom stereocenters. The zero-order chi connectivity index (χ0) is 18.6. The Bertz CT molecular complexity index is 849. The lowest BCUT2D eigenvalue weighted by atomic mass is 10.2. The minimum Gasteiger partial charge on any atom is -0.322 e. The molecule has 0 spiro atoms. The quantitative estimate of drug-likeness (QED) is 0.855. The van der Waals surface area contributed by atoms with Crippen LogP contribution in [0.15, 0.2) is 53.4 Å². The highest BCUT2D eigenvalue weighted by atomic mass is 32.2. The lowest BCUT2D eigenvalue weighted by Gasteiger charge is -2.19. The molecule has 0 aliphatic carbocycles. The highest BCUT2D eigenvalue weighted by Crippen LogP contribution is 2.17. The van der Waals surface area contributed by atoms with Gasteiger partial charge in [-0.05, 0) is 48.4 Å². The maximum atomic E-state index is 13.1. The molecule has 1 amide bonds. The summed E-state index contributed by atoms with van der Waals surface area (Å²) >= 11 is 0. The second-order valence-corrected chi connectivity index (χ2v) is 8.21. The highest BCUT2D eigenvalue weighted by Gasteiger charge is 2.21. The number of nitrogens with zero attached hydrogens (tertiary/aromatic N) is 1. The monoisotopic (exact) mass is 364 g/mol. The van der Waals surface area contributed by atoms with E-state index in [2.05, 4.69) is 5.32 Å². The van der Waals surface area contributed by atoms with Gasteiger partial charge in [0, 0.05) is 24.8 Å². The van der Waals surface area contributed by atoms with Crippen LogP contribution in [0.5, 0.6) is 0 Å². The Kier molecular flexibility index (Phi) is 5.92. The molecular weight excluding hydrogens is 343 g/mol. The Morgan fingerprint density at radius 1 is 1.16 bits per heavy atom. The SMILES string of the molecule is CC(C)CN(C)S(=O)(=O)c1ccc(C(=O)Nc2cccc(F)c2)cc1. The van der Waals surface area contributed by atoms with Gasteiger partial charge in [-0.2, -0.15) is 0 Å². The lowest BCUT2D eigenvalue weighted by molar-refractivity contribution is 0.102. The van der Waals surface area contributed by atoms with Crippen molar-refractivity contribution in [1.29, 1.82) is 0 Å². The number of nitrogens with one attached hydrogen (secondary N) is 1. The Labute approximate surface area is 147 Å². The van der Waals surface area contributed by atoms with Crippen molar-refractivity contribution in [3.63, 3.8) is 0 Å². The smallest absolute Gasteiger partial charge is 0.255 e. The summed E-state index contributed by atoms with van der Waals surface area (Å²) in [6.07, 6.45) is 0. The van der Waals surface area contributed by atoms with Crippen molar-refractivity contribution in [1.82, 2.24) is 4.31 Å². The predicted octanol–water partition coefficient (Wildman–Crippen LogP) is 3.35. The molecule has 5 nitrogen and oxygen atoms in total. The van der Waals surface area contributed by atoms with Gasteiger partial charge in [-0.1, -0.05) is 19.9 Å². The van der Waals surface area contributed by atoms with E-state index in [1.807, 2.05) is 13.8 Å². The Balaban J connectivity index is 2.15. The van der Waals surface area contributed by atoms with E-state index < -0.39 is 21.7 Å². The van der Waals surface area contributed by atoms with Gasteiger partial charge in [-0.3, -0.25) is 4.79 Å². The molecule has 2 rings (SSSR count). The summed E-state index contributed by atoms with van der Waals surface area (Å²) in [5.74, 6) is -0.686. The molecular formula is C18H21FN2O3S. The van der Waals surface area contributed by atoms with Gasteiger partial charge in [0.25, 0.3) is 5.91 Å². The first kappa shape index (κ1) is 19.1. The third kappa shape index (κ3) is 4.87. The van der Waals surface area contributed by atoms with Crippen molar-refractivity contribution >= 4 is 21.6 Å². The normalized spacial score (nSPS) is 11.8. The fraction of sp³-hybridized carbons (Fsp3) is 0.278. The summed E-state index contributed by atoms with van der Waals surface area (Å²) in [7, 11) is -2.06. The topological polar surface area (TPSA) is 66.5 Å². The molecule has 0 fully saturated rings. The van der Waals surface area contributed by atoms with Crippen molar-refractivity contribution in [3.05, 3.63) is 59.9 Å². The number of rotatable bonds is 6. The Morgan fingerprint density at radius 3 is 2.36 bits per heavy atom. The van der Waals surface area contributed by atoms with Crippen molar-refractivity contribution in [3.8, 4) is 0 Å². The molecule has 0 bridgehead atoms. The highest BCUT2D eigenvalue weighted by molar-refractivity contribution is 7.89. The molecule has 0 heterocycles. The molecule has 25 heavy (non-hydrogen) atoms. The summed E-state index contributed by atoms with van der Waals surface area (Å²) < 4.78 is 39.4. The van der Waals surface area contributed by atoms with Crippen molar-refractivity contribution in [2.24, 2.45) is 5.92 Å². The fourth-order valence-electron chi connectivity index (χ4n) is 2.34. The van der Waals surface area contributed by atoms with Crippen molar-refractivity contribution in [2.45, 2.75) is 18.7 Å². The first-order chi connectivity index (χ1) is 11.7. The van der Waals surface area contributed by atoms with Gasteiger partial charge in [0.1, 0.15) is 5.82 Å². The number of sulfonamides is 1. The molecule has 2 aromatic rings. The second kappa shape index (κ2) is 7.76. The van der Waals surface area contributed by atoms with Crippen molar-refractivity contribution in [2.75, 3.05) is 18.9 Å².